The van der Waals surface area contributed by atoms with E-state index in [1.165, 1.54) is 4.88 Å². The molecule has 0 unspecified atom stereocenters. The summed E-state index contributed by atoms with van der Waals surface area (Å²) < 4.78 is 5.37. The van der Waals surface area contributed by atoms with Crippen LogP contribution in [0.4, 0.5) is 5.13 Å². The number of nitrogens with zero attached hydrogens (tertiary/aromatic N) is 2. The van der Waals surface area contributed by atoms with Crippen LogP contribution in [0.15, 0.2) is 6.20 Å². The summed E-state index contributed by atoms with van der Waals surface area (Å²) in [6.07, 6.45) is 1.85. The SMILES string of the molecule is COC1(C)CN(Cc2cnc(N)s2)C1. The molecule has 1 fully saturated rings. The molecular formula is C9H15N3OS. The standard InChI is InChI=1S/C9H15N3OS/c1-9(13-2)5-12(6-9)4-7-3-11-8(10)14-7/h3H,4-6H2,1-2H3,(H2,10,11). The molecule has 0 spiro atoms. The van der Waals surface area contributed by atoms with E-state index in [0.29, 0.717) is 5.13 Å². The van der Waals surface area contributed by atoms with E-state index in [4.69, 9.17) is 10.5 Å². The molecule has 0 aromatic carbocycles. The number of nitrogen functional groups attached to an aromatic ring is 1. The lowest BCUT2D eigenvalue weighted by molar-refractivity contribution is -0.114. The van der Waals surface area contributed by atoms with Gasteiger partial charge in [0.1, 0.15) is 0 Å². The van der Waals surface area contributed by atoms with Crippen LogP contribution in [-0.2, 0) is 11.3 Å². The van der Waals surface area contributed by atoms with Crippen LogP contribution in [0.5, 0.6) is 0 Å². The molecule has 78 valence electrons. The molecule has 0 atom stereocenters. The van der Waals surface area contributed by atoms with Gasteiger partial charge in [-0.3, -0.25) is 4.90 Å². The average Bonchev–Trinajstić information content (AvgIpc) is 2.48. The van der Waals surface area contributed by atoms with Gasteiger partial charge in [-0.1, -0.05) is 0 Å². The van der Waals surface area contributed by atoms with E-state index >= 15 is 0 Å². The van der Waals surface area contributed by atoms with E-state index in [9.17, 15) is 0 Å². The fraction of sp³-hybridized carbons (Fsp3) is 0.667. The highest BCUT2D eigenvalue weighted by molar-refractivity contribution is 7.15. The number of methoxy groups -OCH3 is 1. The van der Waals surface area contributed by atoms with Crippen LogP contribution in [-0.4, -0.2) is 35.7 Å². The predicted octanol–water partition coefficient (Wildman–Crippen LogP) is 0.946. The van der Waals surface area contributed by atoms with Crippen molar-refractivity contribution in [1.29, 1.82) is 0 Å². The molecule has 4 nitrogen and oxygen atoms in total. The molecule has 14 heavy (non-hydrogen) atoms. The van der Waals surface area contributed by atoms with E-state index in [1.54, 1.807) is 18.4 Å². The smallest absolute Gasteiger partial charge is 0.180 e. The summed E-state index contributed by atoms with van der Waals surface area (Å²) in [6, 6.07) is 0. The number of rotatable bonds is 3. The summed E-state index contributed by atoms with van der Waals surface area (Å²) in [4.78, 5) is 7.58. The average molecular weight is 213 g/mol. The van der Waals surface area contributed by atoms with Gasteiger partial charge in [0.15, 0.2) is 5.13 Å². The lowest BCUT2D eigenvalue weighted by atomic mass is 9.97. The molecule has 1 aromatic heterocycles. The van der Waals surface area contributed by atoms with Gasteiger partial charge in [-0.25, -0.2) is 4.98 Å². The van der Waals surface area contributed by atoms with Gasteiger partial charge in [0, 0.05) is 37.8 Å². The highest BCUT2D eigenvalue weighted by Crippen LogP contribution is 2.27. The van der Waals surface area contributed by atoms with Crippen molar-refractivity contribution >= 4 is 16.5 Å². The van der Waals surface area contributed by atoms with Gasteiger partial charge in [0.2, 0.25) is 0 Å². The molecule has 0 bridgehead atoms. The highest BCUT2D eigenvalue weighted by Gasteiger charge is 2.38. The number of hydrogen-bond donors (Lipinski definition) is 1. The van der Waals surface area contributed by atoms with E-state index in [2.05, 4.69) is 16.8 Å². The number of ether oxygens (including phenoxy) is 1. The number of anilines is 1. The Bertz CT molecular complexity index is 320. The highest BCUT2D eigenvalue weighted by atomic mass is 32.1. The van der Waals surface area contributed by atoms with Gasteiger partial charge < -0.3 is 10.5 Å². The Kier molecular flexibility index (Phi) is 2.47. The molecule has 0 amide bonds. The topological polar surface area (TPSA) is 51.4 Å². The maximum Gasteiger partial charge on any atom is 0.180 e. The lowest BCUT2D eigenvalue weighted by Gasteiger charge is -2.46. The molecule has 1 aromatic rings. The minimum Gasteiger partial charge on any atom is -0.376 e. The van der Waals surface area contributed by atoms with Crippen LogP contribution in [0, 0.1) is 0 Å². The third-order valence-electron chi connectivity index (χ3n) is 2.56. The van der Waals surface area contributed by atoms with Crippen molar-refractivity contribution in [3.05, 3.63) is 11.1 Å². The lowest BCUT2D eigenvalue weighted by Crippen LogP contribution is -2.60. The van der Waals surface area contributed by atoms with Gasteiger partial charge >= 0.3 is 0 Å². The summed E-state index contributed by atoms with van der Waals surface area (Å²) >= 11 is 1.56. The van der Waals surface area contributed by atoms with Crippen molar-refractivity contribution in [2.45, 2.75) is 19.1 Å². The van der Waals surface area contributed by atoms with Gasteiger partial charge in [0.25, 0.3) is 0 Å². The molecule has 1 aliphatic heterocycles. The first-order chi connectivity index (χ1) is 6.61. The molecule has 0 aliphatic carbocycles. The summed E-state index contributed by atoms with van der Waals surface area (Å²) in [6.45, 7) is 5.04. The van der Waals surface area contributed by atoms with E-state index in [1.807, 2.05) is 6.20 Å². The molecule has 0 saturated carbocycles. The summed E-state index contributed by atoms with van der Waals surface area (Å²) in [5.74, 6) is 0. The van der Waals surface area contributed by atoms with Crippen LogP contribution in [0.1, 0.15) is 11.8 Å². The predicted molar refractivity (Wildman–Crippen MR) is 57.2 cm³/mol. The minimum absolute atomic E-state index is 0.0518. The first-order valence-corrected chi connectivity index (χ1v) is 5.41. The van der Waals surface area contributed by atoms with Crippen LogP contribution in [0.25, 0.3) is 0 Å². The third-order valence-corrected chi connectivity index (χ3v) is 3.37. The Morgan fingerprint density at radius 2 is 2.43 bits per heavy atom. The van der Waals surface area contributed by atoms with Crippen LogP contribution in [0.2, 0.25) is 0 Å². The summed E-state index contributed by atoms with van der Waals surface area (Å²) in [5.41, 5.74) is 5.61. The number of likely N-dealkylation sites (tertiary alicyclic amines) is 1. The summed E-state index contributed by atoms with van der Waals surface area (Å²) in [5, 5.41) is 0.648. The molecular weight excluding hydrogens is 198 g/mol. The fourth-order valence-electron chi connectivity index (χ4n) is 1.76. The second-order valence-corrected chi connectivity index (χ2v) is 5.11. The third kappa shape index (κ3) is 1.89. The Hall–Kier alpha value is -0.650. The number of aromatic nitrogens is 1. The fourth-order valence-corrected chi connectivity index (χ4v) is 2.48. The van der Waals surface area contributed by atoms with Gasteiger partial charge in [-0.2, -0.15) is 0 Å². The van der Waals surface area contributed by atoms with Crippen molar-refractivity contribution < 1.29 is 4.74 Å². The Balaban J connectivity index is 1.85. The Labute approximate surface area is 87.7 Å². The maximum absolute atomic E-state index is 5.56. The van der Waals surface area contributed by atoms with Crippen LogP contribution in [0.3, 0.4) is 0 Å². The van der Waals surface area contributed by atoms with Crippen molar-refractivity contribution in [2.24, 2.45) is 0 Å². The normalized spacial score (nSPS) is 20.7. The minimum atomic E-state index is 0.0518. The Morgan fingerprint density at radius 1 is 1.71 bits per heavy atom. The first-order valence-electron chi connectivity index (χ1n) is 4.59. The first kappa shape index (κ1) is 9.89. The van der Waals surface area contributed by atoms with Gasteiger partial charge in [-0.05, 0) is 6.92 Å². The van der Waals surface area contributed by atoms with Crippen molar-refractivity contribution in [3.63, 3.8) is 0 Å². The Morgan fingerprint density at radius 3 is 2.93 bits per heavy atom. The second-order valence-electron chi connectivity index (χ2n) is 3.96. The number of thiazole rings is 1. The molecule has 0 radical (unpaired) electrons. The van der Waals surface area contributed by atoms with Crippen molar-refractivity contribution in [2.75, 3.05) is 25.9 Å². The zero-order valence-corrected chi connectivity index (χ0v) is 9.30. The van der Waals surface area contributed by atoms with Crippen molar-refractivity contribution in [1.82, 2.24) is 9.88 Å². The van der Waals surface area contributed by atoms with E-state index in [0.717, 1.165) is 19.6 Å². The maximum atomic E-state index is 5.56. The molecule has 2 N–H and O–H groups in total. The van der Waals surface area contributed by atoms with Crippen molar-refractivity contribution in [3.8, 4) is 0 Å². The largest absolute Gasteiger partial charge is 0.376 e. The number of nitrogens with two attached hydrogens (primary N) is 1. The zero-order valence-electron chi connectivity index (χ0n) is 8.49. The van der Waals surface area contributed by atoms with Gasteiger partial charge in [-0.15, -0.1) is 11.3 Å². The monoisotopic (exact) mass is 213 g/mol. The molecule has 5 heteroatoms. The van der Waals surface area contributed by atoms with Gasteiger partial charge in [0.05, 0.1) is 5.60 Å². The molecule has 2 rings (SSSR count). The molecule has 1 aliphatic rings. The second kappa shape index (κ2) is 3.49. The molecule has 2 heterocycles. The van der Waals surface area contributed by atoms with Crippen LogP contribution < -0.4 is 5.73 Å². The quantitative estimate of drug-likeness (QED) is 0.812. The number of hydrogen-bond acceptors (Lipinski definition) is 5. The van der Waals surface area contributed by atoms with Crippen LogP contribution >= 0.6 is 11.3 Å². The zero-order chi connectivity index (χ0) is 10.2. The van der Waals surface area contributed by atoms with E-state index < -0.39 is 0 Å². The van der Waals surface area contributed by atoms with E-state index in [-0.39, 0.29) is 5.60 Å². The molecule has 1 saturated heterocycles. The summed E-state index contributed by atoms with van der Waals surface area (Å²) in [7, 11) is 1.77.